The second-order valence-electron chi connectivity index (χ2n) is 31.6. The van der Waals surface area contributed by atoms with Gasteiger partial charge in [-0.2, -0.15) is 0 Å². The molecule has 15 atom stereocenters. The van der Waals surface area contributed by atoms with Crippen molar-refractivity contribution in [2.75, 3.05) is 65.4 Å². The number of primary amides is 1. The van der Waals surface area contributed by atoms with Crippen LogP contribution in [0.3, 0.4) is 0 Å². The van der Waals surface area contributed by atoms with Crippen LogP contribution in [-0.4, -0.2) is 345 Å². The van der Waals surface area contributed by atoms with Crippen molar-refractivity contribution in [3.05, 3.63) is 35.9 Å². The maximum atomic E-state index is 14.3. The van der Waals surface area contributed by atoms with Gasteiger partial charge in [-0.15, -0.1) is 0 Å². The Morgan fingerprint density at radius 1 is 0.372 bits per heavy atom. The van der Waals surface area contributed by atoms with Crippen LogP contribution in [0, 0.1) is 5.92 Å². The third kappa shape index (κ3) is 47.7. The summed E-state index contributed by atoms with van der Waals surface area (Å²) in [7, 11) is 0. The number of amides is 20. The first-order chi connectivity index (χ1) is 64.5. The molecule has 1 saturated heterocycles. The fraction of sp³-hybridized carbons (Fsp3) is 0.605. The summed E-state index contributed by atoms with van der Waals surface area (Å²) < 4.78 is 0. The number of unbranched alkanes of at least 4 members (excludes halogenated alkanes) is 2. The molecule has 137 heavy (non-hydrogen) atoms. The number of carboxylic acids is 6. The highest BCUT2D eigenvalue weighted by molar-refractivity contribution is 6.02. The lowest BCUT2D eigenvalue weighted by Gasteiger charge is -2.27. The quantitative estimate of drug-likeness (QED) is 0.0269. The van der Waals surface area contributed by atoms with Crippen LogP contribution in [0.2, 0.25) is 0 Å². The van der Waals surface area contributed by atoms with E-state index in [1.807, 2.05) is 10.6 Å². The van der Waals surface area contributed by atoms with Gasteiger partial charge in [-0.05, 0) is 115 Å². The minimum Gasteiger partial charge on any atom is -0.481 e. The van der Waals surface area contributed by atoms with Crippen molar-refractivity contribution in [3.8, 4) is 0 Å². The van der Waals surface area contributed by atoms with Crippen LogP contribution >= 0.6 is 0 Å². The van der Waals surface area contributed by atoms with E-state index in [0.717, 1.165) is 4.90 Å². The SMILES string of the molecule is CC[C@H](C)[C@H](NC(=O)CNC(=O)[C@H](CC(=O)O)NC(=O)[C@H](CCC(=O)O)NC(=O)CNC(=O)[C@@H](N)[C@@H](C)O)C(=O)N[C@@H](C)C(=O)NCC(=O)N[C@@H](Cc1ccccc1)C(=O)N[C@@H](CCCCN)C(=O)NCC(=O)N[C@@H](CCC(=O)O)C(=O)N[C@@H](CCC(N)=O)C(=O)NCC(=O)N1CCC[C@H]1C(=O)N[C@@H](CCCCN)C(=O)NCC(=O)N[C@@H](CCC(=O)O)C(=O)N[C@@H](CC(=O)O)C(=O)NCC(=O)O. The maximum absolute atomic E-state index is 14.3. The van der Waals surface area contributed by atoms with Crippen molar-refractivity contribution >= 4 is 154 Å². The van der Waals surface area contributed by atoms with E-state index in [2.05, 4.69) is 85.1 Å². The molecule has 762 valence electrons. The number of likely N-dealkylation sites (tertiary alicyclic amines) is 1. The first-order valence-corrected chi connectivity index (χ1v) is 43.5. The number of carbonyl (C=O) groups is 26. The average molecular weight is 1950 g/mol. The number of nitrogens with two attached hydrogens (primary N) is 4. The summed E-state index contributed by atoms with van der Waals surface area (Å²) in [5, 5.41) is 106. The molecule has 0 unspecified atom stereocenters. The predicted molar refractivity (Wildman–Crippen MR) is 469 cm³/mol. The Morgan fingerprint density at radius 2 is 0.723 bits per heavy atom. The van der Waals surface area contributed by atoms with Crippen LogP contribution in [0.1, 0.15) is 155 Å². The molecule has 1 fully saturated rings. The highest BCUT2D eigenvalue weighted by Gasteiger charge is 2.40. The Labute approximate surface area is 783 Å². The number of carbonyl (C=O) groups excluding carboxylic acids is 20. The standard InChI is InChI=1S/C81H125N23O33/c1-5-40(2)68(103-59(111)37-89-73(129)51(31-64(119)120)101-76(132)49(22-26-63(117)118)96-57(109)36-90-80(136)67(85)42(4)105)81(137)93-41(3)69(125)86-33-58(110)97-50(30-43-14-7-6-8-15-43)78(134)98-44(16-9-11-27-82)70(126)87-34-55(107)94-47(20-24-61(113)114)75(131)99-46(19-23-54(84)106)72(128)91-38-60(112)104-29-13-18-53(104)79(135)100-45(17-10-12-28-83)71(127)88-35-56(108)95-48(21-25-62(115)116)77(133)102-52(32-65(121)122)74(130)92-39-66(123)124/h6-8,14-15,40-42,44-53,67-68,105H,5,9-13,16-39,82-83,85H2,1-4H3,(H2,84,106)(H,86,125)(H,87,126)(H,88,127)(H,89,129)(H,90,136)(H,91,128)(H,92,130)(H,93,137)(H,94,107)(H,95,108)(H,96,109)(H,97,110)(H,98,134)(H,99,131)(H,100,135)(H,101,132)(H,102,133)(H,103,111)(H,113,114)(H,115,116)(H,117,118)(H,119,120)(H,121,122)(H,123,124)/t40-,41-,42+,44-,45-,46-,47-,48-,49-,50-,51-,52-,53-,67-,68-/m0/s1. The van der Waals surface area contributed by atoms with Crippen LogP contribution in [-0.2, 0) is 131 Å². The van der Waals surface area contributed by atoms with E-state index in [9.17, 15) is 155 Å². The minimum atomic E-state index is -1.97. The number of aliphatic carboxylic acids is 6. The van der Waals surface area contributed by atoms with Crippen LogP contribution in [0.5, 0.6) is 0 Å². The summed E-state index contributed by atoms with van der Waals surface area (Å²) in [5.74, 6) is -31.4. The summed E-state index contributed by atoms with van der Waals surface area (Å²) in [5.41, 5.74) is 22.8. The smallest absolute Gasteiger partial charge is 0.322 e. The monoisotopic (exact) mass is 1950 g/mol. The van der Waals surface area contributed by atoms with Crippen molar-refractivity contribution < 1.29 is 160 Å². The molecule has 2 rings (SSSR count). The van der Waals surface area contributed by atoms with Crippen molar-refractivity contribution in [1.29, 1.82) is 0 Å². The molecule has 56 nitrogen and oxygen atoms in total. The largest absolute Gasteiger partial charge is 0.481 e. The van der Waals surface area contributed by atoms with Crippen LogP contribution in [0.25, 0.3) is 0 Å². The Hall–Kier alpha value is -14.7. The molecule has 1 aromatic rings. The maximum Gasteiger partial charge on any atom is 0.322 e. The van der Waals surface area contributed by atoms with Crippen molar-refractivity contribution in [2.45, 2.75) is 241 Å². The van der Waals surface area contributed by atoms with E-state index < -0.39 is 355 Å². The van der Waals surface area contributed by atoms with Crippen molar-refractivity contribution in [3.63, 3.8) is 0 Å². The van der Waals surface area contributed by atoms with Gasteiger partial charge in [0.05, 0.1) is 58.2 Å². The highest BCUT2D eigenvalue weighted by atomic mass is 16.4. The Kier molecular flexibility index (Phi) is 54.2. The van der Waals surface area contributed by atoms with Crippen LogP contribution in [0.15, 0.2) is 30.3 Å². The first kappa shape index (κ1) is 118. The number of nitrogens with zero attached hydrogens (tertiary/aromatic N) is 1. The zero-order chi connectivity index (χ0) is 103. The lowest BCUT2D eigenvalue weighted by molar-refractivity contribution is -0.142. The molecule has 0 aliphatic carbocycles. The van der Waals surface area contributed by atoms with Crippen LogP contribution < -0.4 is 119 Å². The number of rotatable bonds is 67. The van der Waals surface area contributed by atoms with Gasteiger partial charge < -0.3 is 159 Å². The van der Waals surface area contributed by atoms with Gasteiger partial charge in [-0.1, -0.05) is 50.6 Å². The molecule has 56 heteroatoms. The molecule has 1 heterocycles. The predicted octanol–water partition coefficient (Wildman–Crippen LogP) is -12.7. The van der Waals surface area contributed by atoms with E-state index in [4.69, 9.17) is 28.0 Å². The Morgan fingerprint density at radius 3 is 1.12 bits per heavy atom. The summed E-state index contributed by atoms with van der Waals surface area (Å²) in [4.78, 5) is 339. The molecule has 0 saturated carbocycles. The van der Waals surface area contributed by atoms with Gasteiger partial charge in [-0.3, -0.25) is 125 Å². The van der Waals surface area contributed by atoms with Crippen LogP contribution in [0.4, 0.5) is 0 Å². The second kappa shape index (κ2) is 62.7. The average Bonchev–Trinajstić information content (AvgIpc) is 1.70. The van der Waals surface area contributed by atoms with Gasteiger partial charge in [0.1, 0.15) is 85.1 Å². The van der Waals surface area contributed by atoms with Gasteiger partial charge in [0, 0.05) is 38.6 Å². The third-order valence-electron chi connectivity index (χ3n) is 20.5. The Bertz CT molecular complexity index is 4430. The Balaban J connectivity index is 2.25. The summed E-state index contributed by atoms with van der Waals surface area (Å²) in [6.45, 7) is -0.674. The molecule has 0 bridgehead atoms. The number of hydrogen-bond acceptors (Lipinski definition) is 30. The molecule has 0 spiro atoms. The molecule has 1 aliphatic heterocycles. The van der Waals surface area contributed by atoms with E-state index in [1.54, 1.807) is 37.3 Å². The minimum absolute atomic E-state index is 0.00201. The fourth-order valence-electron chi connectivity index (χ4n) is 12.9. The summed E-state index contributed by atoms with van der Waals surface area (Å²) >= 11 is 0. The molecule has 0 radical (unpaired) electrons. The number of benzene rings is 1. The first-order valence-electron chi connectivity index (χ1n) is 43.5. The number of aliphatic hydroxyl groups is 1. The van der Waals surface area contributed by atoms with Gasteiger partial charge in [-0.25, -0.2) is 0 Å². The molecule has 1 aromatic carbocycles. The van der Waals surface area contributed by atoms with E-state index in [-0.39, 0.29) is 71.0 Å². The topological polar surface area (TPSA) is 909 Å². The van der Waals surface area contributed by atoms with Gasteiger partial charge in [0.15, 0.2) is 0 Å². The van der Waals surface area contributed by atoms with Gasteiger partial charge in [0.2, 0.25) is 118 Å². The van der Waals surface area contributed by atoms with E-state index in [0.29, 0.717) is 18.4 Å². The summed E-state index contributed by atoms with van der Waals surface area (Å²) in [6, 6.07) is -13.0. The molecular weight excluding hydrogens is 1820 g/mol. The number of nitrogens with one attached hydrogen (secondary N) is 18. The molecule has 1 aliphatic rings. The van der Waals surface area contributed by atoms with E-state index >= 15 is 0 Å². The zero-order valence-electron chi connectivity index (χ0n) is 75.8. The lowest BCUT2D eigenvalue weighted by Crippen LogP contribution is -2.58. The van der Waals surface area contributed by atoms with E-state index in [1.165, 1.54) is 20.8 Å². The summed E-state index contributed by atoms with van der Waals surface area (Å²) in [6.07, 6.45) is -7.95. The van der Waals surface area contributed by atoms with Crippen molar-refractivity contribution in [1.82, 2.24) is 101 Å². The zero-order valence-corrected chi connectivity index (χ0v) is 75.8. The van der Waals surface area contributed by atoms with Crippen molar-refractivity contribution in [2.24, 2.45) is 28.9 Å². The molecule has 0 aromatic heterocycles. The fourth-order valence-corrected chi connectivity index (χ4v) is 12.9. The molecule has 20 amide bonds. The van der Waals surface area contributed by atoms with Gasteiger partial charge >= 0.3 is 35.8 Å². The molecular formula is C81H125N23O33. The second-order valence-corrected chi connectivity index (χ2v) is 31.6. The number of carboxylic acid groups (broad SMARTS) is 6. The van der Waals surface area contributed by atoms with Gasteiger partial charge in [0.25, 0.3) is 0 Å². The normalized spacial score (nSPS) is 15.0. The lowest BCUT2D eigenvalue weighted by atomic mass is 9.98. The number of hydrogen-bond donors (Lipinski definition) is 29. The molecule has 33 N–H and O–H groups in total. The third-order valence-corrected chi connectivity index (χ3v) is 20.5. The number of aliphatic hydroxyl groups excluding tert-OH is 1. The highest BCUT2D eigenvalue weighted by Crippen LogP contribution is 2.19.